The Labute approximate surface area is 82.3 Å². The van der Waals surface area contributed by atoms with Crippen molar-refractivity contribution in [3.05, 3.63) is 23.5 Å². The topological polar surface area (TPSA) is 59.4 Å². The van der Waals surface area contributed by atoms with Gasteiger partial charge in [-0.15, -0.1) is 0 Å². The molecule has 1 rings (SSSR count). The molecule has 7 heteroatoms. The summed E-state index contributed by atoms with van der Waals surface area (Å²) < 4.78 is 41.5. The Morgan fingerprint density at radius 3 is 2.47 bits per heavy atom. The molecular formula is C8H6F3NO3. The van der Waals surface area contributed by atoms with Gasteiger partial charge in [-0.2, -0.15) is 13.2 Å². The Bertz CT molecular complexity index is 389. The number of ether oxygens (including phenoxy) is 1. The molecule has 0 saturated heterocycles. The molecule has 0 aliphatic carbocycles. The summed E-state index contributed by atoms with van der Waals surface area (Å²) in [5, 5.41) is 8.60. The third-order valence-corrected chi connectivity index (χ3v) is 1.64. The maximum Gasteiger partial charge on any atom is 0.421 e. The van der Waals surface area contributed by atoms with Crippen LogP contribution in [0.15, 0.2) is 12.4 Å². The van der Waals surface area contributed by atoms with Crippen LogP contribution in [0.1, 0.15) is 15.9 Å². The molecule has 4 nitrogen and oxygen atoms in total. The van der Waals surface area contributed by atoms with Crippen molar-refractivity contribution in [3.63, 3.8) is 0 Å². The maximum atomic E-state index is 12.4. The van der Waals surface area contributed by atoms with Crippen molar-refractivity contribution < 1.29 is 27.8 Å². The Kier molecular flexibility index (Phi) is 2.83. The summed E-state index contributed by atoms with van der Waals surface area (Å²) >= 11 is 0. The smallest absolute Gasteiger partial charge is 0.421 e. The van der Waals surface area contributed by atoms with E-state index in [9.17, 15) is 18.0 Å². The lowest BCUT2D eigenvalue weighted by molar-refractivity contribution is -0.139. The van der Waals surface area contributed by atoms with Crippen molar-refractivity contribution in [1.82, 2.24) is 4.98 Å². The van der Waals surface area contributed by atoms with E-state index < -0.39 is 29.0 Å². The average molecular weight is 221 g/mol. The number of carboxylic acid groups (broad SMARTS) is 1. The second-order valence-corrected chi connectivity index (χ2v) is 2.57. The largest absolute Gasteiger partial charge is 0.495 e. The summed E-state index contributed by atoms with van der Waals surface area (Å²) in [6, 6.07) is 0. The number of hydrogen-bond acceptors (Lipinski definition) is 3. The van der Waals surface area contributed by atoms with Crippen LogP contribution in [0.4, 0.5) is 13.2 Å². The van der Waals surface area contributed by atoms with Gasteiger partial charge >= 0.3 is 12.1 Å². The van der Waals surface area contributed by atoms with Crippen molar-refractivity contribution in [1.29, 1.82) is 0 Å². The second-order valence-electron chi connectivity index (χ2n) is 2.57. The first-order valence-electron chi connectivity index (χ1n) is 3.70. The molecule has 0 amide bonds. The van der Waals surface area contributed by atoms with Crippen LogP contribution in [-0.2, 0) is 6.18 Å². The summed E-state index contributed by atoms with van der Waals surface area (Å²) in [4.78, 5) is 13.8. The lowest BCUT2D eigenvalue weighted by atomic mass is 10.1. The van der Waals surface area contributed by atoms with Crippen LogP contribution >= 0.6 is 0 Å². The first-order valence-corrected chi connectivity index (χ1v) is 3.70. The normalized spacial score (nSPS) is 11.2. The van der Waals surface area contributed by atoms with Crippen LogP contribution in [0.2, 0.25) is 0 Å². The highest BCUT2D eigenvalue weighted by Crippen LogP contribution is 2.37. The van der Waals surface area contributed by atoms with Gasteiger partial charge in [-0.3, -0.25) is 4.98 Å². The average Bonchev–Trinajstić information content (AvgIpc) is 2.15. The minimum Gasteiger partial charge on any atom is -0.495 e. The van der Waals surface area contributed by atoms with E-state index in [1.165, 1.54) is 0 Å². The number of carbonyl (C=O) groups is 1. The van der Waals surface area contributed by atoms with Gasteiger partial charge in [0, 0.05) is 12.4 Å². The van der Waals surface area contributed by atoms with Crippen LogP contribution in [0, 0.1) is 0 Å². The van der Waals surface area contributed by atoms with Gasteiger partial charge in [0.1, 0.15) is 16.9 Å². The molecule has 0 radical (unpaired) electrons. The standard InChI is InChI=1S/C8H6F3NO3/c1-15-6-4(7(13)14)2-12-3-5(6)8(9,10)11/h2-3H,1H3,(H,13,14). The van der Waals surface area contributed by atoms with E-state index in [1.54, 1.807) is 0 Å². The Balaban J connectivity index is 3.42. The third kappa shape index (κ3) is 2.17. The van der Waals surface area contributed by atoms with Crippen LogP contribution in [0.5, 0.6) is 5.75 Å². The zero-order chi connectivity index (χ0) is 11.6. The lowest BCUT2D eigenvalue weighted by Gasteiger charge is -2.12. The highest BCUT2D eigenvalue weighted by molar-refractivity contribution is 5.91. The van der Waals surface area contributed by atoms with Crippen LogP contribution in [-0.4, -0.2) is 23.2 Å². The summed E-state index contributed by atoms with van der Waals surface area (Å²) in [7, 11) is 0.969. The number of carboxylic acids is 1. The van der Waals surface area contributed by atoms with Gasteiger partial charge in [0.2, 0.25) is 0 Å². The van der Waals surface area contributed by atoms with Crippen molar-refractivity contribution >= 4 is 5.97 Å². The van der Waals surface area contributed by atoms with Gasteiger partial charge < -0.3 is 9.84 Å². The lowest BCUT2D eigenvalue weighted by Crippen LogP contribution is -2.12. The number of hydrogen-bond donors (Lipinski definition) is 1. The van der Waals surface area contributed by atoms with E-state index in [0.29, 0.717) is 6.20 Å². The van der Waals surface area contributed by atoms with Crippen molar-refractivity contribution in [2.75, 3.05) is 7.11 Å². The van der Waals surface area contributed by atoms with Crippen LogP contribution in [0.3, 0.4) is 0 Å². The molecule has 0 fully saturated rings. The minimum atomic E-state index is -4.69. The molecule has 0 atom stereocenters. The minimum absolute atomic E-state index is 0.519. The summed E-state index contributed by atoms with van der Waals surface area (Å²) in [5.74, 6) is -2.25. The quantitative estimate of drug-likeness (QED) is 0.827. The molecule has 0 saturated carbocycles. The molecule has 0 aliphatic heterocycles. The fraction of sp³-hybridized carbons (Fsp3) is 0.250. The first kappa shape index (κ1) is 11.3. The molecule has 15 heavy (non-hydrogen) atoms. The van der Waals surface area contributed by atoms with Gasteiger partial charge in [0.15, 0.2) is 0 Å². The number of rotatable bonds is 2. The van der Waals surface area contributed by atoms with E-state index in [2.05, 4.69) is 9.72 Å². The monoisotopic (exact) mass is 221 g/mol. The molecule has 82 valence electrons. The highest BCUT2D eigenvalue weighted by Gasteiger charge is 2.36. The molecule has 0 aliphatic rings. The van der Waals surface area contributed by atoms with Crippen LogP contribution in [0.25, 0.3) is 0 Å². The van der Waals surface area contributed by atoms with Gasteiger partial charge in [0.25, 0.3) is 0 Å². The third-order valence-electron chi connectivity index (χ3n) is 1.64. The molecule has 0 spiro atoms. The number of aromatic nitrogens is 1. The zero-order valence-electron chi connectivity index (χ0n) is 7.50. The maximum absolute atomic E-state index is 12.4. The predicted molar refractivity (Wildman–Crippen MR) is 42.8 cm³/mol. The van der Waals surface area contributed by atoms with Gasteiger partial charge in [-0.1, -0.05) is 0 Å². The summed E-state index contributed by atoms with van der Waals surface area (Å²) in [6.07, 6.45) is -3.37. The molecule has 1 aromatic heterocycles. The van der Waals surface area contributed by atoms with Gasteiger partial charge in [0.05, 0.1) is 7.11 Å². The van der Waals surface area contributed by atoms with E-state index in [1.807, 2.05) is 0 Å². The van der Waals surface area contributed by atoms with Gasteiger partial charge in [-0.25, -0.2) is 4.79 Å². The molecular weight excluding hydrogens is 215 g/mol. The SMILES string of the molecule is COc1c(C(=O)O)cncc1C(F)(F)F. The second kappa shape index (κ2) is 3.76. The molecule has 0 bridgehead atoms. The predicted octanol–water partition coefficient (Wildman–Crippen LogP) is 1.81. The molecule has 1 heterocycles. The van der Waals surface area contributed by atoms with Crippen molar-refractivity contribution in [2.45, 2.75) is 6.18 Å². The molecule has 1 N–H and O–H groups in total. The number of methoxy groups -OCH3 is 1. The Morgan fingerprint density at radius 1 is 1.47 bits per heavy atom. The number of pyridine rings is 1. The van der Waals surface area contributed by atoms with E-state index in [-0.39, 0.29) is 0 Å². The van der Waals surface area contributed by atoms with Crippen LogP contribution < -0.4 is 4.74 Å². The summed E-state index contributed by atoms with van der Waals surface area (Å²) in [6.45, 7) is 0. The van der Waals surface area contributed by atoms with E-state index >= 15 is 0 Å². The first-order chi connectivity index (χ1) is 6.88. The van der Waals surface area contributed by atoms with E-state index in [4.69, 9.17) is 5.11 Å². The number of nitrogens with zero attached hydrogens (tertiary/aromatic N) is 1. The van der Waals surface area contributed by atoms with E-state index in [0.717, 1.165) is 13.3 Å². The Morgan fingerprint density at radius 2 is 2.07 bits per heavy atom. The Hall–Kier alpha value is -1.79. The number of alkyl halides is 3. The summed E-state index contributed by atoms with van der Waals surface area (Å²) in [5.41, 5.74) is -1.82. The fourth-order valence-corrected chi connectivity index (χ4v) is 1.02. The zero-order valence-corrected chi connectivity index (χ0v) is 7.50. The highest BCUT2D eigenvalue weighted by atomic mass is 19.4. The number of halogens is 3. The van der Waals surface area contributed by atoms with Gasteiger partial charge in [-0.05, 0) is 0 Å². The van der Waals surface area contributed by atoms with Crippen molar-refractivity contribution in [2.24, 2.45) is 0 Å². The molecule has 0 aromatic carbocycles. The fourth-order valence-electron chi connectivity index (χ4n) is 1.02. The van der Waals surface area contributed by atoms with Crippen molar-refractivity contribution in [3.8, 4) is 5.75 Å². The molecule has 1 aromatic rings. The number of aromatic carboxylic acids is 1. The molecule has 0 unspecified atom stereocenters.